The van der Waals surface area contributed by atoms with E-state index in [0.717, 1.165) is 19.3 Å². The lowest BCUT2D eigenvalue weighted by atomic mass is 10.0. The van der Waals surface area contributed by atoms with E-state index < -0.39 is 36.0 Å². The molecule has 0 aromatic carbocycles. The van der Waals surface area contributed by atoms with Gasteiger partial charge in [0, 0.05) is 17.6 Å². The first-order chi connectivity index (χ1) is 19.6. The zero-order valence-corrected chi connectivity index (χ0v) is 26.2. The molecule has 3 N–H and O–H groups in total. The van der Waals surface area contributed by atoms with Crippen LogP contribution in [-0.4, -0.2) is 57.7 Å². The van der Waals surface area contributed by atoms with Crippen LogP contribution < -0.4 is 16.0 Å². The van der Waals surface area contributed by atoms with E-state index >= 15 is 0 Å². The lowest BCUT2D eigenvalue weighted by Crippen LogP contribution is -2.55. The summed E-state index contributed by atoms with van der Waals surface area (Å²) >= 11 is 2.49. The molecule has 0 fully saturated rings. The second kappa shape index (κ2) is 18.7. The highest BCUT2D eigenvalue weighted by Crippen LogP contribution is 2.16. The van der Waals surface area contributed by atoms with Crippen LogP contribution >= 0.6 is 23.1 Å². The van der Waals surface area contributed by atoms with Crippen LogP contribution in [-0.2, 0) is 30.5 Å². The number of amides is 3. The molecule has 1 aliphatic rings. The van der Waals surface area contributed by atoms with Gasteiger partial charge in [-0.3, -0.25) is 19.2 Å². The van der Waals surface area contributed by atoms with Crippen LogP contribution in [0.1, 0.15) is 101 Å². The predicted octanol–water partition coefficient (Wildman–Crippen LogP) is 4.29. The number of rotatable bonds is 12. The molecule has 41 heavy (non-hydrogen) atoms. The maximum absolute atomic E-state index is 12.9. The number of nitrogens with one attached hydrogen (secondary N) is 3. The molecular weight excluding hydrogens is 564 g/mol. The molecule has 10 nitrogen and oxygen atoms in total. The Labute approximate surface area is 251 Å². The lowest BCUT2D eigenvalue weighted by molar-refractivity contribution is -0.133. The van der Waals surface area contributed by atoms with Gasteiger partial charge in [0.15, 0.2) is 10.8 Å². The molecule has 0 spiro atoms. The number of hydrogen-bond donors (Lipinski definition) is 3. The van der Waals surface area contributed by atoms with Gasteiger partial charge >= 0.3 is 5.97 Å². The molecule has 0 aliphatic carbocycles. The molecule has 1 unspecified atom stereocenters. The number of aromatic nitrogens is 1. The standard InChI is InChI=1S/C29H44N4O6S2/c1-5-7-8-9-10-14-25(35)40-15-12-11-13-20-16-23(34)31-21(6-2)27(36)33-26(19(3)4)28(37)30-17-24-32-22(18-41-24)29(38)39-20/h11,13,18-21,26H,5-10,12,14-17H2,1-4H3,(H,30,37)(H,31,34)(H,33,36)/b13-11+/t20?,21-,26-/m0/s1. The zero-order chi connectivity index (χ0) is 30.2. The molecule has 3 atom stereocenters. The van der Waals surface area contributed by atoms with E-state index in [9.17, 15) is 24.0 Å². The molecule has 3 amide bonds. The molecule has 1 aliphatic heterocycles. The summed E-state index contributed by atoms with van der Waals surface area (Å²) in [6.45, 7) is 7.66. The Kier molecular flexibility index (Phi) is 15.7. The fourth-order valence-corrected chi connectivity index (χ4v) is 5.59. The second-order valence-electron chi connectivity index (χ2n) is 10.4. The fourth-order valence-electron chi connectivity index (χ4n) is 4.12. The minimum atomic E-state index is -0.886. The van der Waals surface area contributed by atoms with Crippen LogP contribution in [0, 0.1) is 5.92 Å². The quantitative estimate of drug-likeness (QED) is 0.181. The van der Waals surface area contributed by atoms with E-state index in [1.165, 1.54) is 35.9 Å². The van der Waals surface area contributed by atoms with Crippen molar-refractivity contribution in [2.45, 2.75) is 110 Å². The van der Waals surface area contributed by atoms with Crippen molar-refractivity contribution in [2.75, 3.05) is 5.75 Å². The summed E-state index contributed by atoms with van der Waals surface area (Å²) in [5, 5.41) is 10.4. The first-order valence-electron chi connectivity index (χ1n) is 14.5. The average Bonchev–Trinajstić information content (AvgIpc) is 3.41. The number of fused-ring (bicyclic) bond motifs is 2. The summed E-state index contributed by atoms with van der Waals surface area (Å²) in [4.78, 5) is 67.8. The van der Waals surface area contributed by atoms with Gasteiger partial charge in [0.05, 0.1) is 13.0 Å². The third-order valence-corrected chi connectivity index (χ3v) is 8.32. The van der Waals surface area contributed by atoms with Crippen molar-refractivity contribution >= 4 is 51.9 Å². The molecule has 0 radical (unpaired) electrons. The van der Waals surface area contributed by atoms with Gasteiger partial charge in [-0.05, 0) is 31.3 Å². The molecule has 2 rings (SSSR count). The van der Waals surface area contributed by atoms with E-state index in [-0.39, 0.29) is 35.6 Å². The summed E-state index contributed by atoms with van der Waals surface area (Å²) in [5.74, 6) is -1.61. The van der Waals surface area contributed by atoms with Crippen LogP contribution in [0.15, 0.2) is 17.5 Å². The Morgan fingerprint density at radius 1 is 1.12 bits per heavy atom. The highest BCUT2D eigenvalue weighted by atomic mass is 32.2. The Bertz CT molecular complexity index is 1060. The third-order valence-electron chi connectivity index (χ3n) is 6.51. The number of thioether (sulfide) groups is 1. The molecule has 1 aromatic heterocycles. The van der Waals surface area contributed by atoms with Crippen LogP contribution in [0.2, 0.25) is 0 Å². The summed E-state index contributed by atoms with van der Waals surface area (Å²) in [7, 11) is 0. The maximum atomic E-state index is 12.9. The minimum Gasteiger partial charge on any atom is -0.453 e. The monoisotopic (exact) mass is 608 g/mol. The van der Waals surface area contributed by atoms with Crippen LogP contribution in [0.4, 0.5) is 0 Å². The summed E-state index contributed by atoms with van der Waals surface area (Å²) in [6.07, 6.45) is 9.32. The number of ether oxygens (including phenoxy) is 1. The molecule has 2 bridgehead atoms. The zero-order valence-electron chi connectivity index (χ0n) is 24.5. The van der Waals surface area contributed by atoms with Gasteiger partial charge in [0.2, 0.25) is 17.7 Å². The van der Waals surface area contributed by atoms with Gasteiger partial charge in [-0.25, -0.2) is 9.78 Å². The number of cyclic esters (lactones) is 1. The lowest BCUT2D eigenvalue weighted by Gasteiger charge is -2.25. The summed E-state index contributed by atoms with van der Waals surface area (Å²) < 4.78 is 5.59. The number of esters is 1. The molecule has 1 aromatic rings. The SMILES string of the molecule is CCCCCCCC(=O)SCC/C=C/C1CC(=O)N[C@@H](CC)C(=O)N[C@@H](C(C)C)C(=O)NCc2nc(cs2)C(=O)O1. The van der Waals surface area contributed by atoms with Crippen molar-refractivity contribution in [3.05, 3.63) is 28.2 Å². The number of nitrogens with zero attached hydrogens (tertiary/aromatic N) is 1. The van der Waals surface area contributed by atoms with Gasteiger partial charge in [-0.1, -0.05) is 71.2 Å². The normalized spacial score (nSPS) is 21.0. The largest absolute Gasteiger partial charge is 0.453 e. The topological polar surface area (TPSA) is 144 Å². The highest BCUT2D eigenvalue weighted by molar-refractivity contribution is 8.13. The number of carbonyl (C=O) groups excluding carboxylic acids is 5. The van der Waals surface area contributed by atoms with Crippen LogP contribution in [0.5, 0.6) is 0 Å². The van der Waals surface area contributed by atoms with Crippen molar-refractivity contribution in [3.8, 4) is 0 Å². The van der Waals surface area contributed by atoms with Crippen LogP contribution in [0.25, 0.3) is 0 Å². The van der Waals surface area contributed by atoms with E-state index in [0.29, 0.717) is 30.0 Å². The van der Waals surface area contributed by atoms with E-state index in [1.54, 1.807) is 24.5 Å². The van der Waals surface area contributed by atoms with Gasteiger partial charge in [0.1, 0.15) is 23.2 Å². The summed E-state index contributed by atoms with van der Waals surface area (Å²) in [6, 6.07) is -1.65. The van der Waals surface area contributed by atoms with Gasteiger partial charge in [-0.15, -0.1) is 11.3 Å². The second-order valence-corrected chi connectivity index (χ2v) is 12.4. The Morgan fingerprint density at radius 3 is 2.59 bits per heavy atom. The number of hydrogen-bond acceptors (Lipinski definition) is 9. The average molecular weight is 609 g/mol. The van der Waals surface area contributed by atoms with E-state index in [4.69, 9.17) is 4.74 Å². The first kappa shape index (κ1) is 34.5. The van der Waals surface area contributed by atoms with Crippen molar-refractivity contribution in [1.82, 2.24) is 20.9 Å². The molecule has 0 saturated carbocycles. The van der Waals surface area contributed by atoms with Crippen molar-refractivity contribution in [2.24, 2.45) is 5.92 Å². The molecule has 2 heterocycles. The third kappa shape index (κ3) is 12.8. The number of unbranched alkanes of at least 4 members (excludes halogenated alkanes) is 4. The maximum Gasteiger partial charge on any atom is 0.358 e. The Hall–Kier alpha value is -2.73. The molecule has 0 saturated heterocycles. The number of thiazole rings is 1. The fraction of sp³-hybridized carbons (Fsp3) is 0.655. The van der Waals surface area contributed by atoms with Crippen molar-refractivity contribution in [1.29, 1.82) is 0 Å². The van der Waals surface area contributed by atoms with Gasteiger partial charge < -0.3 is 20.7 Å². The highest BCUT2D eigenvalue weighted by Gasteiger charge is 2.29. The molecular formula is C29H44N4O6S2. The van der Waals surface area contributed by atoms with Crippen LogP contribution in [0.3, 0.4) is 0 Å². The van der Waals surface area contributed by atoms with E-state index in [2.05, 4.69) is 27.9 Å². The predicted molar refractivity (Wildman–Crippen MR) is 161 cm³/mol. The van der Waals surface area contributed by atoms with Crippen molar-refractivity contribution in [3.63, 3.8) is 0 Å². The smallest absolute Gasteiger partial charge is 0.358 e. The molecule has 12 heteroatoms. The Morgan fingerprint density at radius 2 is 1.88 bits per heavy atom. The Balaban J connectivity index is 2.07. The number of carbonyl (C=O) groups is 5. The van der Waals surface area contributed by atoms with E-state index in [1.807, 2.05) is 13.8 Å². The minimum absolute atomic E-state index is 0.0883. The van der Waals surface area contributed by atoms with Gasteiger partial charge in [-0.2, -0.15) is 0 Å². The number of allylic oxidation sites excluding steroid dienone is 1. The van der Waals surface area contributed by atoms with Gasteiger partial charge in [0.25, 0.3) is 0 Å². The van der Waals surface area contributed by atoms with Crippen molar-refractivity contribution < 1.29 is 28.7 Å². The first-order valence-corrected chi connectivity index (χ1v) is 16.4. The summed E-state index contributed by atoms with van der Waals surface area (Å²) in [5.41, 5.74) is 0.0883. The molecule has 228 valence electrons.